The minimum atomic E-state index is -0.224. The van der Waals surface area contributed by atoms with E-state index in [1.54, 1.807) is 0 Å². The van der Waals surface area contributed by atoms with E-state index < -0.39 is 0 Å². The largest absolute Gasteiger partial charge is 0.392 e. The predicted molar refractivity (Wildman–Crippen MR) is 87.0 cm³/mol. The van der Waals surface area contributed by atoms with Gasteiger partial charge in [-0.05, 0) is 63.6 Å². The zero-order valence-electron chi connectivity index (χ0n) is 14.3. The molecule has 1 rings (SSSR count). The molecule has 2 unspecified atom stereocenters. The molecule has 0 aromatic heterocycles. The van der Waals surface area contributed by atoms with E-state index in [0.29, 0.717) is 6.04 Å². The van der Waals surface area contributed by atoms with Crippen LogP contribution in [0.3, 0.4) is 0 Å². The van der Waals surface area contributed by atoms with Crippen molar-refractivity contribution >= 4 is 0 Å². The van der Waals surface area contributed by atoms with Gasteiger partial charge in [-0.15, -0.1) is 0 Å². The van der Waals surface area contributed by atoms with E-state index in [9.17, 15) is 5.11 Å². The van der Waals surface area contributed by atoms with Crippen LogP contribution in [-0.4, -0.2) is 48.3 Å². The standard InChI is InChI=1S/C17H36N2O/c1-6-9-19-10-7-15(8-11-19)14(2)18-13-16(20)12-17(3,4)5/h14-16,18,20H,6-13H2,1-5H3. The summed E-state index contributed by atoms with van der Waals surface area (Å²) in [6, 6.07) is 0.522. The molecule has 1 aliphatic rings. The average molecular weight is 284 g/mol. The van der Waals surface area contributed by atoms with E-state index in [2.05, 4.69) is 44.8 Å². The molecule has 1 fully saturated rings. The minimum absolute atomic E-state index is 0.204. The van der Waals surface area contributed by atoms with Crippen LogP contribution in [0.25, 0.3) is 0 Å². The van der Waals surface area contributed by atoms with E-state index in [4.69, 9.17) is 0 Å². The summed E-state index contributed by atoms with van der Waals surface area (Å²) in [6.45, 7) is 15.6. The topological polar surface area (TPSA) is 35.5 Å². The first kappa shape index (κ1) is 17.9. The SMILES string of the molecule is CCCN1CCC(C(C)NCC(O)CC(C)(C)C)CC1. The Balaban J connectivity index is 2.22. The number of aliphatic hydroxyl groups excluding tert-OH is 1. The van der Waals surface area contributed by atoms with Crippen molar-refractivity contribution < 1.29 is 5.11 Å². The van der Waals surface area contributed by atoms with E-state index >= 15 is 0 Å². The molecule has 0 aromatic carbocycles. The Kier molecular flexibility index (Phi) is 7.49. The lowest BCUT2D eigenvalue weighted by atomic mass is 9.88. The van der Waals surface area contributed by atoms with Gasteiger partial charge in [-0.3, -0.25) is 0 Å². The minimum Gasteiger partial charge on any atom is -0.392 e. The van der Waals surface area contributed by atoms with E-state index in [0.717, 1.165) is 18.9 Å². The smallest absolute Gasteiger partial charge is 0.0669 e. The third kappa shape index (κ3) is 7.05. The summed E-state index contributed by atoms with van der Waals surface area (Å²) >= 11 is 0. The Morgan fingerprint density at radius 1 is 1.25 bits per heavy atom. The summed E-state index contributed by atoms with van der Waals surface area (Å²) in [5.74, 6) is 0.768. The molecule has 0 radical (unpaired) electrons. The number of piperidine rings is 1. The molecule has 120 valence electrons. The molecule has 0 aliphatic carbocycles. The summed E-state index contributed by atoms with van der Waals surface area (Å²) in [5.41, 5.74) is 0.204. The van der Waals surface area contributed by atoms with Crippen molar-refractivity contribution in [2.75, 3.05) is 26.2 Å². The van der Waals surface area contributed by atoms with Gasteiger partial charge in [0.1, 0.15) is 0 Å². The van der Waals surface area contributed by atoms with Crippen LogP contribution in [0.4, 0.5) is 0 Å². The van der Waals surface area contributed by atoms with Crippen molar-refractivity contribution in [1.82, 2.24) is 10.2 Å². The lowest BCUT2D eigenvalue weighted by molar-refractivity contribution is 0.107. The molecule has 2 N–H and O–H groups in total. The van der Waals surface area contributed by atoms with Crippen molar-refractivity contribution in [1.29, 1.82) is 0 Å². The molecule has 1 heterocycles. The van der Waals surface area contributed by atoms with Gasteiger partial charge in [-0.1, -0.05) is 27.7 Å². The lowest BCUT2D eigenvalue weighted by Gasteiger charge is -2.35. The van der Waals surface area contributed by atoms with Crippen LogP contribution in [0, 0.1) is 11.3 Å². The first-order valence-corrected chi connectivity index (χ1v) is 8.45. The monoisotopic (exact) mass is 284 g/mol. The van der Waals surface area contributed by atoms with Gasteiger partial charge in [0.2, 0.25) is 0 Å². The molecular formula is C17H36N2O. The number of nitrogens with one attached hydrogen (secondary N) is 1. The van der Waals surface area contributed by atoms with Crippen LogP contribution < -0.4 is 5.32 Å². The van der Waals surface area contributed by atoms with Gasteiger partial charge >= 0.3 is 0 Å². The molecule has 2 atom stereocenters. The Labute approximate surface area is 126 Å². The summed E-state index contributed by atoms with van der Waals surface area (Å²) in [6.07, 6.45) is 4.49. The first-order chi connectivity index (χ1) is 9.31. The molecular weight excluding hydrogens is 248 g/mol. The van der Waals surface area contributed by atoms with E-state index in [1.807, 2.05) is 0 Å². The van der Waals surface area contributed by atoms with Crippen molar-refractivity contribution in [2.45, 2.75) is 72.4 Å². The second-order valence-corrected chi connectivity index (χ2v) is 7.79. The van der Waals surface area contributed by atoms with E-state index in [-0.39, 0.29) is 11.5 Å². The fourth-order valence-corrected chi connectivity index (χ4v) is 3.26. The molecule has 3 heteroatoms. The zero-order chi connectivity index (χ0) is 15.2. The second kappa shape index (κ2) is 8.35. The van der Waals surface area contributed by atoms with Crippen LogP contribution in [0.15, 0.2) is 0 Å². The van der Waals surface area contributed by atoms with Crippen LogP contribution in [0.1, 0.15) is 60.3 Å². The third-order valence-corrected chi connectivity index (χ3v) is 4.40. The predicted octanol–water partition coefficient (Wildman–Crippen LogP) is 2.88. The van der Waals surface area contributed by atoms with E-state index in [1.165, 1.54) is 38.9 Å². The Morgan fingerprint density at radius 2 is 1.85 bits per heavy atom. The molecule has 20 heavy (non-hydrogen) atoms. The summed E-state index contributed by atoms with van der Waals surface area (Å²) in [4.78, 5) is 2.58. The normalized spacial score (nSPS) is 21.9. The number of hydrogen-bond donors (Lipinski definition) is 2. The summed E-state index contributed by atoms with van der Waals surface area (Å²) in [7, 11) is 0. The number of hydrogen-bond acceptors (Lipinski definition) is 3. The molecule has 1 saturated heterocycles. The van der Waals surface area contributed by atoms with Gasteiger partial charge in [0, 0.05) is 12.6 Å². The third-order valence-electron chi connectivity index (χ3n) is 4.40. The molecule has 0 saturated carbocycles. The van der Waals surface area contributed by atoms with Crippen LogP contribution in [0.2, 0.25) is 0 Å². The number of aliphatic hydroxyl groups is 1. The van der Waals surface area contributed by atoms with Gasteiger partial charge in [0.15, 0.2) is 0 Å². The van der Waals surface area contributed by atoms with Gasteiger partial charge in [-0.2, -0.15) is 0 Å². The number of likely N-dealkylation sites (tertiary alicyclic amines) is 1. The van der Waals surface area contributed by atoms with Crippen LogP contribution in [-0.2, 0) is 0 Å². The highest BCUT2D eigenvalue weighted by atomic mass is 16.3. The van der Waals surface area contributed by atoms with Crippen LogP contribution >= 0.6 is 0 Å². The summed E-state index contributed by atoms with van der Waals surface area (Å²) < 4.78 is 0. The Morgan fingerprint density at radius 3 is 2.35 bits per heavy atom. The average Bonchev–Trinajstić information content (AvgIpc) is 2.35. The summed E-state index contributed by atoms with van der Waals surface area (Å²) in [5, 5.41) is 13.6. The van der Waals surface area contributed by atoms with Gasteiger partial charge in [0.25, 0.3) is 0 Å². The molecule has 0 bridgehead atoms. The van der Waals surface area contributed by atoms with Crippen molar-refractivity contribution in [3.05, 3.63) is 0 Å². The second-order valence-electron chi connectivity index (χ2n) is 7.79. The van der Waals surface area contributed by atoms with Gasteiger partial charge in [0.05, 0.1) is 6.10 Å². The molecule has 0 spiro atoms. The fourth-order valence-electron chi connectivity index (χ4n) is 3.26. The highest BCUT2D eigenvalue weighted by Gasteiger charge is 2.24. The maximum atomic E-state index is 10.1. The van der Waals surface area contributed by atoms with Gasteiger partial charge < -0.3 is 15.3 Å². The number of rotatable bonds is 7. The maximum Gasteiger partial charge on any atom is 0.0669 e. The quantitative estimate of drug-likeness (QED) is 0.754. The Hall–Kier alpha value is -0.120. The highest BCUT2D eigenvalue weighted by molar-refractivity contribution is 4.80. The van der Waals surface area contributed by atoms with Crippen molar-refractivity contribution in [3.63, 3.8) is 0 Å². The molecule has 3 nitrogen and oxygen atoms in total. The maximum absolute atomic E-state index is 10.1. The Bertz CT molecular complexity index is 254. The van der Waals surface area contributed by atoms with Crippen LogP contribution in [0.5, 0.6) is 0 Å². The molecule has 0 amide bonds. The molecule has 1 aliphatic heterocycles. The van der Waals surface area contributed by atoms with Gasteiger partial charge in [-0.25, -0.2) is 0 Å². The number of nitrogens with zero attached hydrogens (tertiary/aromatic N) is 1. The lowest BCUT2D eigenvalue weighted by Crippen LogP contribution is -2.44. The first-order valence-electron chi connectivity index (χ1n) is 8.45. The highest BCUT2D eigenvalue weighted by Crippen LogP contribution is 2.22. The van der Waals surface area contributed by atoms with Crippen molar-refractivity contribution in [2.24, 2.45) is 11.3 Å². The zero-order valence-corrected chi connectivity index (χ0v) is 14.3. The van der Waals surface area contributed by atoms with Crippen molar-refractivity contribution in [3.8, 4) is 0 Å². The fraction of sp³-hybridized carbons (Fsp3) is 1.00. The molecule has 0 aromatic rings.